The fraction of sp³-hybridized carbons (Fsp3) is 0.167. The Kier molecular flexibility index (Phi) is 3.00. The molecule has 0 aliphatic carbocycles. The fourth-order valence-electron chi connectivity index (χ4n) is 1.83. The monoisotopic (exact) mass is 274 g/mol. The van der Waals surface area contributed by atoms with E-state index in [2.05, 4.69) is 25.7 Å². The topological polar surface area (TPSA) is 68.5 Å². The van der Waals surface area contributed by atoms with Gasteiger partial charge in [-0.25, -0.2) is 0 Å². The smallest absolute Gasteiger partial charge is 0.159 e. The van der Waals surface area contributed by atoms with Crippen molar-refractivity contribution in [2.45, 2.75) is 6.54 Å². The van der Waals surface area contributed by atoms with Gasteiger partial charge in [0.2, 0.25) is 0 Å². The van der Waals surface area contributed by atoms with Crippen LogP contribution in [0.5, 0.6) is 0 Å². The summed E-state index contributed by atoms with van der Waals surface area (Å²) in [6.07, 6.45) is 1.66. The summed E-state index contributed by atoms with van der Waals surface area (Å²) in [5.74, 6) is 1.50. The lowest BCUT2D eigenvalue weighted by molar-refractivity contribution is 0.809. The van der Waals surface area contributed by atoms with Crippen LogP contribution in [0, 0.1) is 0 Å². The highest BCUT2D eigenvalue weighted by Gasteiger charge is 2.08. The molecule has 2 aromatic heterocycles. The van der Waals surface area contributed by atoms with Crippen LogP contribution in [0.3, 0.4) is 0 Å². The van der Waals surface area contributed by atoms with Crippen molar-refractivity contribution in [3.63, 3.8) is 0 Å². The number of rotatable bonds is 3. The molecule has 0 saturated heterocycles. The van der Waals surface area contributed by atoms with Crippen LogP contribution in [0.25, 0.3) is 10.8 Å². The van der Waals surface area contributed by atoms with E-state index in [-0.39, 0.29) is 0 Å². The second-order valence-corrected chi connectivity index (χ2v) is 4.45. The molecule has 7 heteroatoms. The van der Waals surface area contributed by atoms with E-state index in [0.717, 1.165) is 16.6 Å². The van der Waals surface area contributed by atoms with E-state index in [9.17, 15) is 0 Å². The number of nitrogens with one attached hydrogen (secondary N) is 1. The third-order valence-corrected chi connectivity index (χ3v) is 3.14. The quantitative estimate of drug-likeness (QED) is 0.791. The molecule has 1 aromatic carbocycles. The van der Waals surface area contributed by atoms with E-state index < -0.39 is 0 Å². The molecule has 2 heterocycles. The summed E-state index contributed by atoms with van der Waals surface area (Å²) in [6, 6.07) is 7.73. The molecule has 0 bridgehead atoms. The molecule has 0 radical (unpaired) electrons. The Morgan fingerprint density at radius 2 is 1.95 bits per heavy atom. The molecule has 0 aliphatic rings. The minimum atomic E-state index is 0.403. The predicted octanol–water partition coefficient (Wildman–Crippen LogP) is 2.02. The first-order chi connectivity index (χ1) is 9.25. The van der Waals surface area contributed by atoms with Crippen LogP contribution >= 0.6 is 11.6 Å². The Hall–Kier alpha value is -2.21. The van der Waals surface area contributed by atoms with Crippen LogP contribution in [-0.4, -0.2) is 25.0 Å². The third-order valence-electron chi connectivity index (χ3n) is 2.86. The van der Waals surface area contributed by atoms with Crippen LogP contribution in [-0.2, 0) is 13.6 Å². The van der Waals surface area contributed by atoms with Crippen molar-refractivity contribution in [1.82, 2.24) is 25.0 Å². The number of hydrogen-bond donors (Lipinski definition) is 1. The molecule has 96 valence electrons. The number of halogens is 1. The average Bonchev–Trinajstić information content (AvgIpc) is 2.84. The van der Waals surface area contributed by atoms with Gasteiger partial charge in [0.1, 0.15) is 6.33 Å². The minimum absolute atomic E-state index is 0.403. The number of benzene rings is 1. The van der Waals surface area contributed by atoms with E-state index in [1.54, 1.807) is 6.33 Å². The van der Waals surface area contributed by atoms with Gasteiger partial charge in [-0.1, -0.05) is 35.9 Å². The van der Waals surface area contributed by atoms with Gasteiger partial charge in [0.25, 0.3) is 0 Å². The lowest BCUT2D eigenvalue weighted by Gasteiger charge is -2.08. The zero-order valence-electron chi connectivity index (χ0n) is 10.2. The Bertz CT molecular complexity index is 723. The molecule has 0 amide bonds. The summed E-state index contributed by atoms with van der Waals surface area (Å²) in [7, 11) is 1.89. The molecule has 0 spiro atoms. The highest BCUT2D eigenvalue weighted by molar-refractivity contribution is 6.34. The Labute approximate surface area is 114 Å². The second-order valence-electron chi connectivity index (χ2n) is 4.10. The van der Waals surface area contributed by atoms with Gasteiger partial charge in [-0.05, 0) is 0 Å². The van der Waals surface area contributed by atoms with Gasteiger partial charge in [-0.2, -0.15) is 0 Å². The molecule has 6 nitrogen and oxygen atoms in total. The van der Waals surface area contributed by atoms with Crippen molar-refractivity contribution in [2.75, 3.05) is 5.32 Å². The van der Waals surface area contributed by atoms with Crippen molar-refractivity contribution < 1.29 is 0 Å². The summed E-state index contributed by atoms with van der Waals surface area (Å²) < 4.78 is 1.85. The maximum absolute atomic E-state index is 6.03. The highest BCUT2D eigenvalue weighted by atomic mass is 35.5. The van der Waals surface area contributed by atoms with Crippen LogP contribution in [0.2, 0.25) is 5.15 Å². The molecule has 1 N–H and O–H groups in total. The summed E-state index contributed by atoms with van der Waals surface area (Å²) in [6.45, 7) is 0.525. The number of nitrogens with zero attached hydrogens (tertiary/aromatic N) is 5. The van der Waals surface area contributed by atoms with Crippen LogP contribution in [0.15, 0.2) is 30.6 Å². The Balaban J connectivity index is 1.93. The largest absolute Gasteiger partial charge is 0.361 e. The molecule has 0 aliphatic heterocycles. The standard InChI is InChI=1S/C12H11ClN6/c1-19-7-15-16-10(19)6-14-12-9-5-3-2-4-8(9)11(13)17-18-12/h2-5,7H,6H2,1H3,(H,14,18). The van der Waals surface area contributed by atoms with Gasteiger partial charge in [0.15, 0.2) is 16.8 Å². The molecule has 19 heavy (non-hydrogen) atoms. The van der Waals surface area contributed by atoms with Gasteiger partial charge in [0, 0.05) is 17.8 Å². The molecular formula is C12H11ClN6. The maximum Gasteiger partial charge on any atom is 0.159 e. The van der Waals surface area contributed by atoms with Gasteiger partial charge < -0.3 is 9.88 Å². The third kappa shape index (κ3) is 2.22. The fourth-order valence-corrected chi connectivity index (χ4v) is 2.03. The first-order valence-electron chi connectivity index (χ1n) is 5.73. The summed E-state index contributed by atoms with van der Waals surface area (Å²) in [5, 5.41) is 21.3. The first kappa shape index (κ1) is 11.9. The van der Waals surface area contributed by atoms with Gasteiger partial charge in [0.05, 0.1) is 6.54 Å². The van der Waals surface area contributed by atoms with Crippen molar-refractivity contribution >= 4 is 28.2 Å². The average molecular weight is 275 g/mol. The Morgan fingerprint density at radius 1 is 1.16 bits per heavy atom. The van der Waals surface area contributed by atoms with E-state index in [4.69, 9.17) is 11.6 Å². The lowest BCUT2D eigenvalue weighted by atomic mass is 10.2. The van der Waals surface area contributed by atoms with Gasteiger partial charge in [-0.15, -0.1) is 20.4 Å². The highest BCUT2D eigenvalue weighted by Crippen LogP contribution is 2.25. The lowest BCUT2D eigenvalue weighted by Crippen LogP contribution is -2.07. The molecule has 0 saturated carbocycles. The summed E-state index contributed by atoms with van der Waals surface area (Å²) in [5.41, 5.74) is 0. The molecule has 0 unspecified atom stereocenters. The SMILES string of the molecule is Cn1cnnc1CNc1nnc(Cl)c2ccccc12. The molecular weight excluding hydrogens is 264 g/mol. The number of hydrogen-bond acceptors (Lipinski definition) is 5. The van der Waals surface area contributed by atoms with Crippen LogP contribution in [0.4, 0.5) is 5.82 Å². The minimum Gasteiger partial charge on any atom is -0.361 e. The number of aryl methyl sites for hydroxylation is 1. The molecule has 0 atom stereocenters. The summed E-state index contributed by atoms with van der Waals surface area (Å²) in [4.78, 5) is 0. The molecule has 0 fully saturated rings. The number of aromatic nitrogens is 5. The van der Waals surface area contributed by atoms with Crippen molar-refractivity contribution in [3.05, 3.63) is 41.6 Å². The van der Waals surface area contributed by atoms with E-state index in [1.807, 2.05) is 35.9 Å². The van der Waals surface area contributed by atoms with Gasteiger partial charge in [-0.3, -0.25) is 0 Å². The van der Waals surface area contributed by atoms with Crippen molar-refractivity contribution in [2.24, 2.45) is 7.05 Å². The first-order valence-corrected chi connectivity index (χ1v) is 6.11. The molecule has 3 rings (SSSR count). The predicted molar refractivity (Wildman–Crippen MR) is 72.9 cm³/mol. The van der Waals surface area contributed by atoms with Crippen molar-refractivity contribution in [3.8, 4) is 0 Å². The maximum atomic E-state index is 6.03. The van der Waals surface area contributed by atoms with Crippen molar-refractivity contribution in [1.29, 1.82) is 0 Å². The zero-order valence-corrected chi connectivity index (χ0v) is 11.0. The number of anilines is 1. The zero-order chi connectivity index (χ0) is 13.2. The van der Waals surface area contributed by atoms with Crippen LogP contribution < -0.4 is 5.32 Å². The van der Waals surface area contributed by atoms with Gasteiger partial charge >= 0.3 is 0 Å². The van der Waals surface area contributed by atoms with E-state index in [0.29, 0.717) is 17.5 Å². The normalized spacial score (nSPS) is 10.8. The summed E-state index contributed by atoms with van der Waals surface area (Å²) >= 11 is 6.03. The van der Waals surface area contributed by atoms with Crippen LogP contribution in [0.1, 0.15) is 5.82 Å². The second kappa shape index (κ2) is 4.81. The molecule has 3 aromatic rings. The Morgan fingerprint density at radius 3 is 2.68 bits per heavy atom. The van der Waals surface area contributed by atoms with E-state index in [1.165, 1.54) is 0 Å². The van der Waals surface area contributed by atoms with E-state index >= 15 is 0 Å². The number of fused-ring (bicyclic) bond motifs is 1.